The summed E-state index contributed by atoms with van der Waals surface area (Å²) in [6.45, 7) is 2.14. The van der Waals surface area contributed by atoms with Crippen molar-refractivity contribution in [2.75, 3.05) is 11.1 Å². The summed E-state index contributed by atoms with van der Waals surface area (Å²) in [5, 5.41) is 11.3. The monoisotopic (exact) mass is 388 g/mol. The molecule has 138 valence electrons. The van der Waals surface area contributed by atoms with Crippen molar-refractivity contribution in [2.45, 2.75) is 38.6 Å². The zero-order valence-corrected chi connectivity index (χ0v) is 15.4. The molecule has 1 fully saturated rings. The molecule has 1 aromatic rings. The second kappa shape index (κ2) is 8.16. The molecule has 1 aliphatic rings. The Hall–Kier alpha value is -1.64. The average molecular weight is 389 g/mol. The Morgan fingerprint density at radius 3 is 2.44 bits per heavy atom. The van der Waals surface area contributed by atoms with Crippen molar-refractivity contribution in [1.29, 1.82) is 0 Å². The van der Waals surface area contributed by atoms with E-state index in [9.17, 15) is 18.0 Å². The lowest BCUT2D eigenvalue weighted by molar-refractivity contribution is -0.113. The van der Waals surface area contributed by atoms with E-state index in [0.29, 0.717) is 5.92 Å². The second-order valence-electron chi connectivity index (χ2n) is 6.38. The van der Waals surface area contributed by atoms with Crippen molar-refractivity contribution >= 4 is 39.2 Å². The fourth-order valence-electron chi connectivity index (χ4n) is 2.81. The molecule has 0 aliphatic heterocycles. The number of benzene rings is 1. The largest absolute Gasteiger partial charge is 0.478 e. The van der Waals surface area contributed by atoms with Crippen molar-refractivity contribution in [1.82, 2.24) is 4.72 Å². The number of carboxylic acids is 1. The van der Waals surface area contributed by atoms with Crippen molar-refractivity contribution in [3.63, 3.8) is 0 Å². The maximum atomic E-state index is 12.1. The molecule has 1 saturated carbocycles. The summed E-state index contributed by atoms with van der Waals surface area (Å²) >= 11 is 5.82. The van der Waals surface area contributed by atoms with Crippen LogP contribution in [0, 0.1) is 5.92 Å². The van der Waals surface area contributed by atoms with E-state index in [4.69, 9.17) is 16.7 Å². The molecule has 0 unspecified atom stereocenters. The number of sulfonamides is 1. The minimum absolute atomic E-state index is 0.0393. The van der Waals surface area contributed by atoms with Crippen LogP contribution < -0.4 is 10.0 Å². The van der Waals surface area contributed by atoms with Crippen LogP contribution in [0.15, 0.2) is 18.2 Å². The minimum atomic E-state index is -3.74. The molecule has 2 rings (SSSR count). The van der Waals surface area contributed by atoms with E-state index < -0.39 is 27.7 Å². The van der Waals surface area contributed by atoms with Gasteiger partial charge in [-0.25, -0.2) is 17.9 Å². The molecule has 9 heteroatoms. The van der Waals surface area contributed by atoms with E-state index in [1.165, 1.54) is 18.2 Å². The van der Waals surface area contributed by atoms with Crippen molar-refractivity contribution in [3.05, 3.63) is 28.8 Å². The van der Waals surface area contributed by atoms with Gasteiger partial charge in [0.1, 0.15) is 5.75 Å². The molecule has 0 saturated heterocycles. The molecule has 0 bridgehead atoms. The van der Waals surface area contributed by atoms with Gasteiger partial charge in [-0.1, -0.05) is 18.5 Å². The number of aromatic carboxylic acids is 1. The van der Waals surface area contributed by atoms with Crippen LogP contribution in [0.5, 0.6) is 0 Å². The molecule has 0 heterocycles. The topological polar surface area (TPSA) is 113 Å². The molecule has 0 atom stereocenters. The Kier molecular flexibility index (Phi) is 6.42. The van der Waals surface area contributed by atoms with E-state index in [1.807, 2.05) is 0 Å². The third kappa shape index (κ3) is 5.98. The third-order valence-corrected chi connectivity index (χ3v) is 5.81. The van der Waals surface area contributed by atoms with Gasteiger partial charge in [0, 0.05) is 11.7 Å². The fraction of sp³-hybridized carbons (Fsp3) is 0.500. The highest BCUT2D eigenvalue weighted by molar-refractivity contribution is 7.90. The van der Waals surface area contributed by atoms with Gasteiger partial charge in [0.25, 0.3) is 0 Å². The first-order valence-corrected chi connectivity index (χ1v) is 10.0. The van der Waals surface area contributed by atoms with Gasteiger partial charge in [-0.3, -0.25) is 4.79 Å². The number of nitrogens with one attached hydrogen (secondary N) is 2. The number of rotatable bonds is 6. The van der Waals surface area contributed by atoms with Gasteiger partial charge in [-0.05, 0) is 49.8 Å². The standard InChI is InChI=1S/C16H21ClN2O5S/c1-10-2-4-11(5-3-10)19-25(23,24)9-15(20)18-12-6-7-13(16(21)22)14(17)8-12/h6-8,10-11,19H,2-5,9H2,1H3,(H,18,20)(H,21,22). The third-order valence-electron chi connectivity index (χ3n) is 4.17. The van der Waals surface area contributed by atoms with Gasteiger partial charge >= 0.3 is 5.97 Å². The van der Waals surface area contributed by atoms with Crippen LogP contribution in [0.1, 0.15) is 43.0 Å². The zero-order valence-electron chi connectivity index (χ0n) is 13.8. The molecule has 3 N–H and O–H groups in total. The Morgan fingerprint density at radius 1 is 1.24 bits per heavy atom. The Morgan fingerprint density at radius 2 is 1.88 bits per heavy atom. The normalized spacial score (nSPS) is 20.9. The summed E-state index contributed by atoms with van der Waals surface area (Å²) in [5.41, 5.74) is 0.141. The molecule has 1 aliphatic carbocycles. The fourth-order valence-corrected chi connectivity index (χ4v) is 4.32. The molecule has 1 amide bonds. The zero-order chi connectivity index (χ0) is 18.6. The molecule has 25 heavy (non-hydrogen) atoms. The Bertz CT molecular complexity index is 758. The van der Waals surface area contributed by atoms with Crippen LogP contribution in [-0.4, -0.2) is 37.2 Å². The predicted octanol–water partition coefficient (Wildman–Crippen LogP) is 2.47. The lowest BCUT2D eigenvalue weighted by Crippen LogP contribution is -2.41. The molecule has 0 aromatic heterocycles. The quantitative estimate of drug-likeness (QED) is 0.692. The van der Waals surface area contributed by atoms with E-state index in [2.05, 4.69) is 17.0 Å². The maximum Gasteiger partial charge on any atom is 0.337 e. The first kappa shape index (κ1) is 19.7. The van der Waals surface area contributed by atoms with Crippen molar-refractivity contribution in [3.8, 4) is 0 Å². The van der Waals surface area contributed by atoms with Crippen LogP contribution in [-0.2, 0) is 14.8 Å². The number of halogens is 1. The molecule has 0 spiro atoms. The number of carbonyl (C=O) groups is 2. The summed E-state index contributed by atoms with van der Waals surface area (Å²) in [4.78, 5) is 22.9. The highest BCUT2D eigenvalue weighted by atomic mass is 35.5. The summed E-state index contributed by atoms with van der Waals surface area (Å²) < 4.78 is 26.8. The molecular formula is C16H21ClN2O5S. The number of amides is 1. The van der Waals surface area contributed by atoms with E-state index in [0.717, 1.165) is 25.7 Å². The van der Waals surface area contributed by atoms with E-state index in [1.54, 1.807) is 0 Å². The van der Waals surface area contributed by atoms with E-state index in [-0.39, 0.29) is 22.3 Å². The Balaban J connectivity index is 1.92. The van der Waals surface area contributed by atoms with E-state index >= 15 is 0 Å². The van der Waals surface area contributed by atoms with Crippen molar-refractivity contribution in [2.24, 2.45) is 5.92 Å². The number of hydrogen-bond acceptors (Lipinski definition) is 4. The first-order chi connectivity index (χ1) is 11.7. The summed E-state index contributed by atoms with van der Waals surface area (Å²) in [6.07, 6.45) is 3.48. The SMILES string of the molecule is CC1CCC(NS(=O)(=O)CC(=O)Nc2ccc(C(=O)O)c(Cl)c2)CC1. The highest BCUT2D eigenvalue weighted by Gasteiger charge is 2.24. The van der Waals surface area contributed by atoms with Crippen LogP contribution >= 0.6 is 11.6 Å². The molecular weight excluding hydrogens is 368 g/mol. The van der Waals surface area contributed by atoms with Gasteiger partial charge in [0.05, 0.1) is 10.6 Å². The van der Waals surface area contributed by atoms with Crippen LogP contribution in [0.25, 0.3) is 0 Å². The van der Waals surface area contributed by atoms with Crippen LogP contribution in [0.4, 0.5) is 5.69 Å². The highest BCUT2D eigenvalue weighted by Crippen LogP contribution is 2.24. The van der Waals surface area contributed by atoms with Gasteiger partial charge in [-0.15, -0.1) is 0 Å². The lowest BCUT2D eigenvalue weighted by atomic mass is 9.88. The number of hydrogen-bond donors (Lipinski definition) is 3. The van der Waals surface area contributed by atoms with Gasteiger partial charge in [-0.2, -0.15) is 0 Å². The van der Waals surface area contributed by atoms with Gasteiger partial charge in [0.2, 0.25) is 15.9 Å². The predicted molar refractivity (Wildman–Crippen MR) is 95.4 cm³/mol. The molecule has 0 radical (unpaired) electrons. The summed E-state index contributed by atoms with van der Waals surface area (Å²) in [5.74, 6) is -1.99. The van der Waals surface area contributed by atoms with Crippen LogP contribution in [0.3, 0.4) is 0 Å². The maximum absolute atomic E-state index is 12.1. The number of carboxylic acid groups (broad SMARTS) is 1. The summed E-state index contributed by atoms with van der Waals surface area (Å²) in [6, 6.07) is 3.75. The number of anilines is 1. The smallest absolute Gasteiger partial charge is 0.337 e. The van der Waals surface area contributed by atoms with Gasteiger partial charge in [0.15, 0.2) is 0 Å². The second-order valence-corrected chi connectivity index (χ2v) is 8.54. The molecule has 7 nitrogen and oxygen atoms in total. The summed E-state index contributed by atoms with van der Waals surface area (Å²) in [7, 11) is -3.74. The number of carbonyl (C=O) groups excluding carboxylic acids is 1. The minimum Gasteiger partial charge on any atom is -0.478 e. The van der Waals surface area contributed by atoms with Crippen LogP contribution in [0.2, 0.25) is 5.02 Å². The molecule has 1 aromatic carbocycles. The average Bonchev–Trinajstić information content (AvgIpc) is 2.48. The lowest BCUT2D eigenvalue weighted by Gasteiger charge is -2.26. The van der Waals surface area contributed by atoms with Crippen molar-refractivity contribution < 1.29 is 23.1 Å². The van der Waals surface area contributed by atoms with Gasteiger partial charge < -0.3 is 10.4 Å². The first-order valence-electron chi connectivity index (χ1n) is 7.99. The Labute approximate surface area is 151 Å².